The molecule has 2 aromatic rings. The fourth-order valence-corrected chi connectivity index (χ4v) is 2.99. The Morgan fingerprint density at radius 2 is 1.76 bits per heavy atom. The van der Waals surface area contributed by atoms with E-state index in [0.717, 1.165) is 22.2 Å². The van der Waals surface area contributed by atoms with E-state index in [0.29, 0.717) is 10.6 Å². The molecule has 1 aliphatic rings. The maximum Gasteiger partial charge on any atom is 0.295 e. The monoisotopic (exact) mass is 354 g/mol. The highest BCUT2D eigenvalue weighted by Gasteiger charge is 2.34. The topological polar surface area (TPSA) is 49.4 Å². The highest BCUT2D eigenvalue weighted by molar-refractivity contribution is 8.18. The molecule has 1 aliphatic heterocycles. The predicted octanol–water partition coefficient (Wildman–Crippen LogP) is 4.49. The number of anilines is 1. The number of hydrogen-bond donors (Lipinski definition) is 1. The molecule has 0 aliphatic carbocycles. The fraction of sp³-hybridized carbons (Fsp3) is 0.0526. The number of allylic oxidation sites excluding steroid dienone is 2. The Hall–Kier alpha value is -2.86. The predicted molar refractivity (Wildman–Crippen MR) is 98.3 cm³/mol. The van der Waals surface area contributed by atoms with Crippen LogP contribution in [0.3, 0.4) is 0 Å². The molecular weight excluding hydrogens is 339 g/mol. The van der Waals surface area contributed by atoms with Gasteiger partial charge in [-0.05, 0) is 47.7 Å². The van der Waals surface area contributed by atoms with Gasteiger partial charge in [0.05, 0.1) is 11.6 Å². The average Bonchev–Trinajstić information content (AvgIpc) is 2.89. The molecule has 1 heterocycles. The molecule has 126 valence electrons. The Bertz CT molecular complexity index is 832. The molecule has 1 N–H and O–H groups in total. The standard InChI is InChI=1S/C19H15FN2O2S/c20-15-9-11-16(12-10-15)21-13-22-18(23)17(25-19(22)24)8-4-7-14-5-2-1-3-6-14/h1-12,21H,13H2/b7-4+,17-8+. The smallest absolute Gasteiger partial charge is 0.295 e. The quantitative estimate of drug-likeness (QED) is 0.804. The maximum absolute atomic E-state index is 12.9. The molecule has 0 radical (unpaired) electrons. The van der Waals surface area contributed by atoms with Crippen molar-refractivity contribution >= 4 is 34.7 Å². The first-order valence-corrected chi connectivity index (χ1v) is 8.42. The van der Waals surface area contributed by atoms with Crippen LogP contribution in [-0.2, 0) is 4.79 Å². The number of hydrogen-bond acceptors (Lipinski definition) is 4. The van der Waals surface area contributed by atoms with Gasteiger partial charge in [-0.25, -0.2) is 4.39 Å². The van der Waals surface area contributed by atoms with Gasteiger partial charge in [0.2, 0.25) is 0 Å². The number of halogens is 1. The number of imide groups is 1. The number of amides is 2. The van der Waals surface area contributed by atoms with Crippen LogP contribution in [0, 0.1) is 5.82 Å². The van der Waals surface area contributed by atoms with Crippen molar-refractivity contribution in [3.8, 4) is 0 Å². The van der Waals surface area contributed by atoms with E-state index in [4.69, 9.17) is 0 Å². The summed E-state index contributed by atoms with van der Waals surface area (Å²) < 4.78 is 12.9. The Morgan fingerprint density at radius 3 is 2.48 bits per heavy atom. The normalized spacial score (nSPS) is 16.2. The van der Waals surface area contributed by atoms with E-state index in [1.807, 2.05) is 36.4 Å². The second kappa shape index (κ2) is 7.81. The van der Waals surface area contributed by atoms with Gasteiger partial charge in [-0.1, -0.05) is 42.5 Å². The van der Waals surface area contributed by atoms with E-state index in [1.165, 1.54) is 12.1 Å². The first-order valence-electron chi connectivity index (χ1n) is 7.60. The number of carbonyl (C=O) groups excluding carboxylic acids is 2. The van der Waals surface area contributed by atoms with Crippen molar-refractivity contribution in [2.24, 2.45) is 0 Å². The summed E-state index contributed by atoms with van der Waals surface area (Å²) in [5.74, 6) is -0.688. The van der Waals surface area contributed by atoms with E-state index in [1.54, 1.807) is 24.3 Å². The summed E-state index contributed by atoms with van der Waals surface area (Å²) in [7, 11) is 0. The minimum Gasteiger partial charge on any atom is -0.367 e. The Balaban J connectivity index is 1.62. The zero-order chi connectivity index (χ0) is 17.6. The van der Waals surface area contributed by atoms with E-state index in [-0.39, 0.29) is 23.6 Å². The lowest BCUT2D eigenvalue weighted by molar-refractivity contribution is -0.122. The lowest BCUT2D eigenvalue weighted by atomic mass is 10.2. The van der Waals surface area contributed by atoms with Crippen LogP contribution in [0.25, 0.3) is 6.08 Å². The van der Waals surface area contributed by atoms with Gasteiger partial charge in [-0.2, -0.15) is 0 Å². The first kappa shape index (κ1) is 17.0. The van der Waals surface area contributed by atoms with E-state index >= 15 is 0 Å². The molecule has 4 nitrogen and oxygen atoms in total. The number of benzene rings is 2. The molecule has 3 rings (SSSR count). The minimum atomic E-state index is -0.345. The zero-order valence-corrected chi connectivity index (χ0v) is 14.0. The SMILES string of the molecule is O=C1S/C(=C/C=C/c2ccccc2)C(=O)N1CNc1ccc(F)cc1. The van der Waals surface area contributed by atoms with Gasteiger partial charge < -0.3 is 5.32 Å². The summed E-state index contributed by atoms with van der Waals surface area (Å²) in [5.41, 5.74) is 1.64. The molecule has 0 atom stereocenters. The first-order chi connectivity index (χ1) is 12.1. The van der Waals surface area contributed by atoms with E-state index < -0.39 is 0 Å². The van der Waals surface area contributed by atoms with E-state index in [9.17, 15) is 14.0 Å². The van der Waals surface area contributed by atoms with Gasteiger partial charge >= 0.3 is 0 Å². The molecule has 0 saturated carbocycles. The summed E-state index contributed by atoms with van der Waals surface area (Å²) in [6.45, 7) is 0.0377. The van der Waals surface area contributed by atoms with Crippen LogP contribution >= 0.6 is 11.8 Å². The lowest BCUT2D eigenvalue weighted by Crippen LogP contribution is -2.33. The third-order valence-electron chi connectivity index (χ3n) is 3.49. The third kappa shape index (κ3) is 4.36. The van der Waals surface area contributed by atoms with Gasteiger partial charge in [-0.15, -0.1) is 0 Å². The van der Waals surface area contributed by atoms with Crippen LogP contribution in [0.1, 0.15) is 5.56 Å². The molecule has 0 aromatic heterocycles. The highest BCUT2D eigenvalue weighted by atomic mass is 32.2. The number of thioether (sulfide) groups is 1. The summed E-state index contributed by atoms with van der Waals surface area (Å²) in [6, 6.07) is 15.4. The molecule has 0 bridgehead atoms. The second-order valence-electron chi connectivity index (χ2n) is 5.24. The van der Waals surface area contributed by atoms with Crippen LogP contribution in [0.4, 0.5) is 14.9 Å². The van der Waals surface area contributed by atoms with Gasteiger partial charge in [0.15, 0.2) is 0 Å². The summed E-state index contributed by atoms with van der Waals surface area (Å²) >= 11 is 0.902. The van der Waals surface area contributed by atoms with Crippen LogP contribution in [-0.4, -0.2) is 22.7 Å². The van der Waals surface area contributed by atoms with Crippen LogP contribution in [0.15, 0.2) is 71.7 Å². The average molecular weight is 354 g/mol. The fourth-order valence-electron chi connectivity index (χ4n) is 2.20. The van der Waals surface area contributed by atoms with Crippen LogP contribution < -0.4 is 5.32 Å². The Morgan fingerprint density at radius 1 is 1.04 bits per heavy atom. The molecule has 0 unspecified atom stereocenters. The number of rotatable bonds is 5. The van der Waals surface area contributed by atoms with Crippen molar-refractivity contribution in [3.05, 3.63) is 83.0 Å². The number of nitrogens with zero attached hydrogens (tertiary/aromatic N) is 1. The maximum atomic E-state index is 12.9. The highest BCUT2D eigenvalue weighted by Crippen LogP contribution is 2.30. The molecule has 25 heavy (non-hydrogen) atoms. The number of nitrogens with one attached hydrogen (secondary N) is 1. The van der Waals surface area contributed by atoms with Gasteiger partial charge in [-0.3, -0.25) is 14.5 Å². The molecular formula is C19H15FN2O2S. The van der Waals surface area contributed by atoms with Crippen LogP contribution in [0.2, 0.25) is 0 Å². The molecule has 1 saturated heterocycles. The molecule has 0 spiro atoms. The molecule has 1 fully saturated rings. The summed E-state index contributed by atoms with van der Waals surface area (Å²) in [5, 5.41) is 2.60. The zero-order valence-electron chi connectivity index (χ0n) is 13.2. The van der Waals surface area contributed by atoms with E-state index in [2.05, 4.69) is 5.32 Å². The summed E-state index contributed by atoms with van der Waals surface area (Å²) in [4.78, 5) is 25.8. The molecule has 2 aromatic carbocycles. The summed E-state index contributed by atoms with van der Waals surface area (Å²) in [6.07, 6.45) is 5.25. The lowest BCUT2D eigenvalue weighted by Gasteiger charge is -2.14. The molecule has 6 heteroatoms. The van der Waals surface area contributed by atoms with Crippen molar-refractivity contribution in [2.75, 3.05) is 12.0 Å². The molecule has 2 amide bonds. The second-order valence-corrected chi connectivity index (χ2v) is 6.24. The van der Waals surface area contributed by atoms with Crippen molar-refractivity contribution in [1.29, 1.82) is 0 Å². The van der Waals surface area contributed by atoms with Crippen molar-refractivity contribution < 1.29 is 14.0 Å². The van der Waals surface area contributed by atoms with Crippen molar-refractivity contribution in [3.63, 3.8) is 0 Å². The Kier molecular flexibility index (Phi) is 5.30. The minimum absolute atomic E-state index is 0.0377. The van der Waals surface area contributed by atoms with Gasteiger partial charge in [0, 0.05) is 5.69 Å². The van der Waals surface area contributed by atoms with Gasteiger partial charge in [0.1, 0.15) is 5.82 Å². The largest absolute Gasteiger partial charge is 0.367 e. The number of carbonyl (C=O) groups is 2. The van der Waals surface area contributed by atoms with Crippen molar-refractivity contribution in [1.82, 2.24) is 4.90 Å². The van der Waals surface area contributed by atoms with Crippen molar-refractivity contribution in [2.45, 2.75) is 0 Å². The van der Waals surface area contributed by atoms with Crippen LogP contribution in [0.5, 0.6) is 0 Å². The third-order valence-corrected chi connectivity index (χ3v) is 4.42. The van der Waals surface area contributed by atoms with Gasteiger partial charge in [0.25, 0.3) is 11.1 Å². The Labute approximate surface area is 149 Å².